The number of nitrogens with one attached hydrogen (secondary N) is 2. The highest BCUT2D eigenvalue weighted by Crippen LogP contribution is 2.27. The summed E-state index contributed by atoms with van der Waals surface area (Å²) in [7, 11) is 1.56. The third kappa shape index (κ3) is 6.64. The lowest BCUT2D eigenvalue weighted by molar-refractivity contribution is -0.125. The molecule has 0 aliphatic heterocycles. The van der Waals surface area contributed by atoms with Crippen LogP contribution in [0.15, 0.2) is 18.2 Å². The van der Waals surface area contributed by atoms with Crippen LogP contribution in [0.3, 0.4) is 0 Å². The molecule has 124 valence electrons. The second kappa shape index (κ2) is 10.7. The predicted octanol–water partition coefficient (Wildman–Crippen LogP) is 0.207. The zero-order valence-corrected chi connectivity index (χ0v) is 13.5. The number of ether oxygens (including phenoxy) is 2. The normalized spacial score (nSPS) is 9.41. The van der Waals surface area contributed by atoms with Crippen LogP contribution in [0.2, 0.25) is 0 Å². The summed E-state index contributed by atoms with van der Waals surface area (Å²) < 4.78 is 10.6. The van der Waals surface area contributed by atoms with Crippen molar-refractivity contribution in [2.75, 3.05) is 26.8 Å². The molecule has 7 nitrogen and oxygen atoms in total. The van der Waals surface area contributed by atoms with E-state index < -0.39 is 0 Å². The topological polar surface area (TPSA) is 103 Å². The van der Waals surface area contributed by atoms with Crippen LogP contribution in [0.1, 0.15) is 12.5 Å². The number of carbonyl (C=O) groups is 2. The smallest absolute Gasteiger partial charge is 0.239 e. The third-order valence-electron chi connectivity index (χ3n) is 2.65. The molecule has 0 heterocycles. The average Bonchev–Trinajstić information content (AvgIpc) is 2.51. The predicted molar refractivity (Wildman–Crippen MR) is 85.3 cm³/mol. The van der Waals surface area contributed by atoms with Crippen molar-refractivity contribution in [3.05, 3.63) is 23.8 Å². The summed E-state index contributed by atoms with van der Waals surface area (Å²) in [5, 5.41) is 5.09. The summed E-state index contributed by atoms with van der Waals surface area (Å²) >= 11 is 0. The van der Waals surface area contributed by atoms with Gasteiger partial charge >= 0.3 is 0 Å². The molecule has 0 unspecified atom stereocenters. The van der Waals surface area contributed by atoms with Crippen molar-refractivity contribution >= 4 is 24.2 Å². The maximum absolute atomic E-state index is 11.5. The van der Waals surface area contributed by atoms with E-state index in [4.69, 9.17) is 15.2 Å². The van der Waals surface area contributed by atoms with Crippen LogP contribution < -0.4 is 25.8 Å². The minimum Gasteiger partial charge on any atom is -0.493 e. The summed E-state index contributed by atoms with van der Waals surface area (Å²) in [5.74, 6) is 0.614. The molecule has 2 amide bonds. The molecule has 4 N–H and O–H groups in total. The number of nitrogens with two attached hydrogens (primary N) is 1. The molecular weight excluding hydrogens is 310 g/mol. The molecule has 0 saturated carbocycles. The number of benzene rings is 1. The Balaban J connectivity index is 0.00000441. The molecule has 1 aromatic rings. The fourth-order valence-corrected chi connectivity index (χ4v) is 1.61. The van der Waals surface area contributed by atoms with Gasteiger partial charge in [0.15, 0.2) is 11.5 Å². The molecule has 0 aliphatic carbocycles. The van der Waals surface area contributed by atoms with Crippen LogP contribution in [0.4, 0.5) is 0 Å². The Kier molecular flexibility index (Phi) is 9.73. The van der Waals surface area contributed by atoms with E-state index in [2.05, 4.69) is 10.6 Å². The first kappa shape index (κ1) is 20.0. The summed E-state index contributed by atoms with van der Waals surface area (Å²) in [6, 6.07) is 5.43. The highest BCUT2D eigenvalue weighted by molar-refractivity contribution is 5.85. The number of hydrogen-bond donors (Lipinski definition) is 3. The summed E-state index contributed by atoms with van der Waals surface area (Å²) in [4.78, 5) is 22.5. The molecule has 8 heteroatoms. The Morgan fingerprint density at radius 3 is 2.50 bits per heavy atom. The van der Waals surface area contributed by atoms with Crippen LogP contribution in [-0.2, 0) is 16.1 Å². The number of amides is 2. The van der Waals surface area contributed by atoms with Gasteiger partial charge in [-0.25, -0.2) is 0 Å². The fourth-order valence-electron chi connectivity index (χ4n) is 1.61. The van der Waals surface area contributed by atoms with Gasteiger partial charge in [0, 0.05) is 6.54 Å². The Bertz CT molecular complexity index is 497. The Morgan fingerprint density at radius 2 is 1.91 bits per heavy atom. The summed E-state index contributed by atoms with van der Waals surface area (Å²) in [6.45, 7) is 2.55. The van der Waals surface area contributed by atoms with E-state index in [1.165, 1.54) is 0 Å². The van der Waals surface area contributed by atoms with Crippen molar-refractivity contribution in [1.82, 2.24) is 10.6 Å². The number of methoxy groups -OCH3 is 1. The standard InChI is InChI=1S/C14H21N3O4.ClH/c1-3-21-11-5-4-10(6-12(11)20-2)8-16-14(19)9-17-13(18)7-15;/h4-6H,3,7-9,15H2,1-2H3,(H,16,19)(H,17,18);1H. The maximum Gasteiger partial charge on any atom is 0.239 e. The van der Waals surface area contributed by atoms with Gasteiger partial charge in [-0.1, -0.05) is 6.07 Å². The number of hydrogen-bond acceptors (Lipinski definition) is 5. The second-order valence-corrected chi connectivity index (χ2v) is 4.18. The van der Waals surface area contributed by atoms with Crippen molar-refractivity contribution in [3.8, 4) is 11.5 Å². The van der Waals surface area contributed by atoms with E-state index in [1.54, 1.807) is 19.2 Å². The Morgan fingerprint density at radius 1 is 1.18 bits per heavy atom. The van der Waals surface area contributed by atoms with Gasteiger partial charge in [0.2, 0.25) is 11.8 Å². The van der Waals surface area contributed by atoms with Crippen LogP contribution in [0.5, 0.6) is 11.5 Å². The average molecular weight is 332 g/mol. The number of halogens is 1. The van der Waals surface area contributed by atoms with E-state index >= 15 is 0 Å². The monoisotopic (exact) mass is 331 g/mol. The van der Waals surface area contributed by atoms with E-state index in [9.17, 15) is 9.59 Å². The molecule has 0 bridgehead atoms. The third-order valence-corrected chi connectivity index (χ3v) is 2.65. The molecule has 1 aromatic carbocycles. The van der Waals surface area contributed by atoms with Crippen LogP contribution in [-0.4, -0.2) is 38.6 Å². The first-order valence-corrected chi connectivity index (χ1v) is 6.63. The first-order chi connectivity index (χ1) is 10.1. The van der Waals surface area contributed by atoms with Crippen molar-refractivity contribution in [1.29, 1.82) is 0 Å². The quantitative estimate of drug-likeness (QED) is 0.632. The van der Waals surface area contributed by atoms with Gasteiger partial charge < -0.3 is 25.8 Å². The lowest BCUT2D eigenvalue weighted by Crippen LogP contribution is -2.39. The maximum atomic E-state index is 11.5. The Labute approximate surface area is 135 Å². The minimum atomic E-state index is -0.368. The van der Waals surface area contributed by atoms with Gasteiger partial charge in [-0.2, -0.15) is 0 Å². The lowest BCUT2D eigenvalue weighted by atomic mass is 10.2. The molecule has 0 saturated heterocycles. The largest absolute Gasteiger partial charge is 0.493 e. The van der Waals surface area contributed by atoms with Gasteiger partial charge in [0.05, 0.1) is 26.8 Å². The number of rotatable bonds is 8. The number of carbonyl (C=O) groups excluding carboxylic acids is 2. The van der Waals surface area contributed by atoms with Gasteiger partial charge in [0.25, 0.3) is 0 Å². The molecule has 22 heavy (non-hydrogen) atoms. The van der Waals surface area contributed by atoms with Gasteiger partial charge in [-0.15, -0.1) is 12.4 Å². The zero-order valence-electron chi connectivity index (χ0n) is 12.7. The molecule has 0 aliphatic rings. The molecule has 1 rings (SSSR count). The van der Waals surface area contributed by atoms with Crippen molar-refractivity contribution in [2.45, 2.75) is 13.5 Å². The molecular formula is C14H22ClN3O4. The van der Waals surface area contributed by atoms with Crippen LogP contribution in [0.25, 0.3) is 0 Å². The molecule has 0 atom stereocenters. The SMILES string of the molecule is CCOc1ccc(CNC(=O)CNC(=O)CN)cc1OC.Cl. The van der Waals surface area contributed by atoms with Gasteiger partial charge in [-0.3, -0.25) is 9.59 Å². The van der Waals surface area contributed by atoms with E-state index in [0.717, 1.165) is 5.56 Å². The molecule has 0 aromatic heterocycles. The van der Waals surface area contributed by atoms with E-state index in [0.29, 0.717) is 24.7 Å². The molecule has 0 radical (unpaired) electrons. The van der Waals surface area contributed by atoms with Crippen molar-refractivity contribution in [3.63, 3.8) is 0 Å². The van der Waals surface area contributed by atoms with Crippen molar-refractivity contribution < 1.29 is 19.1 Å². The highest BCUT2D eigenvalue weighted by Gasteiger charge is 2.07. The molecule has 0 fully saturated rings. The van der Waals surface area contributed by atoms with E-state index in [-0.39, 0.29) is 37.3 Å². The van der Waals surface area contributed by atoms with E-state index in [1.807, 2.05) is 13.0 Å². The van der Waals surface area contributed by atoms with Crippen molar-refractivity contribution in [2.24, 2.45) is 5.73 Å². The van der Waals surface area contributed by atoms with Gasteiger partial charge in [-0.05, 0) is 24.6 Å². The summed E-state index contributed by atoms with van der Waals surface area (Å²) in [5.41, 5.74) is 5.99. The second-order valence-electron chi connectivity index (χ2n) is 4.18. The minimum absolute atomic E-state index is 0. The highest BCUT2D eigenvalue weighted by atomic mass is 35.5. The molecule has 0 spiro atoms. The first-order valence-electron chi connectivity index (χ1n) is 6.63. The fraction of sp³-hybridized carbons (Fsp3) is 0.429. The summed E-state index contributed by atoms with van der Waals surface area (Å²) in [6.07, 6.45) is 0. The zero-order chi connectivity index (χ0) is 15.7. The van der Waals surface area contributed by atoms with Crippen LogP contribution >= 0.6 is 12.4 Å². The lowest BCUT2D eigenvalue weighted by Gasteiger charge is -2.11. The van der Waals surface area contributed by atoms with Gasteiger partial charge in [0.1, 0.15) is 0 Å². The Hall–Kier alpha value is -1.99. The van der Waals surface area contributed by atoms with Crippen LogP contribution in [0, 0.1) is 0 Å².